The Hall–Kier alpha value is -4.85. The maximum Gasteiger partial charge on any atom is 0.330 e. The third-order valence-corrected chi connectivity index (χ3v) is 5.94. The van der Waals surface area contributed by atoms with E-state index in [4.69, 9.17) is 5.73 Å². The smallest absolute Gasteiger partial charge is 0.330 e. The van der Waals surface area contributed by atoms with E-state index in [9.17, 15) is 14.4 Å². The maximum absolute atomic E-state index is 13.5. The fourth-order valence-electron chi connectivity index (χ4n) is 3.94. The fraction of sp³-hybridized carbons (Fsp3) is 0.138. The van der Waals surface area contributed by atoms with Crippen molar-refractivity contribution in [2.45, 2.75) is 13.1 Å². The van der Waals surface area contributed by atoms with Crippen molar-refractivity contribution < 1.29 is 4.79 Å². The van der Waals surface area contributed by atoms with E-state index in [2.05, 4.69) is 4.98 Å². The van der Waals surface area contributed by atoms with Crippen molar-refractivity contribution in [2.75, 3.05) is 29.6 Å². The first-order chi connectivity index (χ1) is 17.8. The van der Waals surface area contributed by atoms with Gasteiger partial charge in [-0.3, -0.25) is 24.0 Å². The average molecular weight is 496 g/mol. The van der Waals surface area contributed by atoms with Crippen LogP contribution in [0.5, 0.6) is 0 Å². The zero-order valence-corrected chi connectivity index (χ0v) is 20.8. The van der Waals surface area contributed by atoms with Gasteiger partial charge in [0.1, 0.15) is 5.82 Å². The van der Waals surface area contributed by atoms with Gasteiger partial charge < -0.3 is 10.6 Å². The van der Waals surface area contributed by atoms with Gasteiger partial charge in [-0.25, -0.2) is 4.79 Å². The minimum Gasteiger partial charge on any atom is -0.383 e. The van der Waals surface area contributed by atoms with Crippen LogP contribution >= 0.6 is 0 Å². The standard InChI is InChI=1S/C29H29N5O3/c1-32(2)24-16-13-21(14-17-24)15-18-25(35)33(19-22-9-5-3-6-10-22)26-27(30)34(29(37)31-28(26)36)20-23-11-7-4-8-12-23/h3-18H,19-20,30H2,1-2H3,(H,31,36,37)/b18-15+. The lowest BCUT2D eigenvalue weighted by Crippen LogP contribution is -2.40. The summed E-state index contributed by atoms with van der Waals surface area (Å²) in [7, 11) is 3.91. The molecule has 1 aromatic heterocycles. The van der Waals surface area contributed by atoms with Gasteiger partial charge in [0, 0.05) is 25.9 Å². The summed E-state index contributed by atoms with van der Waals surface area (Å²) in [5.74, 6) is -0.520. The van der Waals surface area contributed by atoms with Crippen molar-refractivity contribution in [3.8, 4) is 0 Å². The molecule has 0 bridgehead atoms. The van der Waals surface area contributed by atoms with Crippen LogP contribution in [0.15, 0.2) is 101 Å². The van der Waals surface area contributed by atoms with E-state index in [1.807, 2.05) is 104 Å². The Bertz CT molecular complexity index is 1510. The molecule has 4 aromatic rings. The molecule has 4 rings (SSSR count). The minimum atomic E-state index is -0.722. The molecule has 3 aromatic carbocycles. The largest absolute Gasteiger partial charge is 0.383 e. The highest BCUT2D eigenvalue weighted by molar-refractivity contribution is 6.05. The van der Waals surface area contributed by atoms with Crippen LogP contribution in [-0.4, -0.2) is 29.6 Å². The molecule has 0 aliphatic rings. The number of nitrogens with one attached hydrogen (secondary N) is 1. The maximum atomic E-state index is 13.5. The Morgan fingerprint density at radius 1 is 0.892 bits per heavy atom. The normalized spacial score (nSPS) is 11.0. The Kier molecular flexibility index (Phi) is 7.68. The first-order valence-electron chi connectivity index (χ1n) is 11.8. The Balaban J connectivity index is 1.74. The predicted molar refractivity (Wildman–Crippen MR) is 149 cm³/mol. The number of aromatic nitrogens is 2. The van der Waals surface area contributed by atoms with Crippen LogP contribution in [0.2, 0.25) is 0 Å². The van der Waals surface area contributed by atoms with Gasteiger partial charge in [-0.1, -0.05) is 72.8 Å². The van der Waals surface area contributed by atoms with Crippen LogP contribution < -0.4 is 26.8 Å². The van der Waals surface area contributed by atoms with Crippen molar-refractivity contribution in [2.24, 2.45) is 0 Å². The summed E-state index contributed by atoms with van der Waals surface area (Å²) in [6, 6.07) is 26.3. The quantitative estimate of drug-likeness (QED) is 0.364. The number of benzene rings is 3. The fourth-order valence-corrected chi connectivity index (χ4v) is 3.94. The number of aromatic amines is 1. The molecule has 0 atom stereocenters. The minimum absolute atomic E-state index is 0.0722. The van der Waals surface area contributed by atoms with Crippen LogP contribution in [0, 0.1) is 0 Å². The van der Waals surface area contributed by atoms with Gasteiger partial charge in [-0.15, -0.1) is 0 Å². The van der Waals surface area contributed by atoms with Gasteiger partial charge in [-0.05, 0) is 34.9 Å². The number of carbonyl (C=O) groups excluding carboxylic acids is 1. The van der Waals surface area contributed by atoms with E-state index < -0.39 is 17.2 Å². The number of nitrogens with zero attached hydrogens (tertiary/aromatic N) is 3. The molecule has 0 aliphatic heterocycles. The van der Waals surface area contributed by atoms with Crippen molar-refractivity contribution in [1.82, 2.24) is 9.55 Å². The molecule has 1 heterocycles. The predicted octanol–water partition coefficient (Wildman–Crippen LogP) is 3.48. The third-order valence-electron chi connectivity index (χ3n) is 5.94. The number of nitrogens with two attached hydrogens (primary N) is 1. The Morgan fingerprint density at radius 3 is 2.08 bits per heavy atom. The molecule has 0 aliphatic carbocycles. The van der Waals surface area contributed by atoms with Crippen LogP contribution in [0.1, 0.15) is 16.7 Å². The molecule has 3 N–H and O–H groups in total. The second-order valence-corrected chi connectivity index (χ2v) is 8.79. The Labute approximate surface area is 214 Å². The summed E-state index contributed by atoms with van der Waals surface area (Å²) >= 11 is 0. The molecule has 0 fully saturated rings. The molecule has 0 radical (unpaired) electrons. The van der Waals surface area contributed by atoms with Crippen molar-refractivity contribution in [3.05, 3.63) is 129 Å². The summed E-state index contributed by atoms with van der Waals surface area (Å²) in [5.41, 5.74) is 8.46. The van der Waals surface area contributed by atoms with Crippen molar-refractivity contribution in [1.29, 1.82) is 0 Å². The molecule has 0 spiro atoms. The number of rotatable bonds is 8. The van der Waals surface area contributed by atoms with Crippen LogP contribution in [0.25, 0.3) is 6.08 Å². The lowest BCUT2D eigenvalue weighted by molar-refractivity contribution is -0.114. The Morgan fingerprint density at radius 2 is 1.49 bits per heavy atom. The lowest BCUT2D eigenvalue weighted by atomic mass is 10.1. The van der Waals surface area contributed by atoms with E-state index in [1.165, 1.54) is 15.5 Å². The zero-order valence-electron chi connectivity index (χ0n) is 20.8. The number of amides is 1. The number of anilines is 3. The first-order valence-corrected chi connectivity index (χ1v) is 11.8. The van der Waals surface area contributed by atoms with Crippen LogP contribution in [0.3, 0.4) is 0 Å². The summed E-state index contributed by atoms with van der Waals surface area (Å²) in [5, 5.41) is 0. The summed E-state index contributed by atoms with van der Waals surface area (Å²) < 4.78 is 1.26. The number of hydrogen-bond acceptors (Lipinski definition) is 5. The van der Waals surface area contributed by atoms with Gasteiger partial charge >= 0.3 is 5.69 Å². The molecule has 188 valence electrons. The van der Waals surface area contributed by atoms with E-state index in [0.717, 1.165) is 22.4 Å². The molecule has 0 saturated carbocycles. The van der Waals surface area contributed by atoms with E-state index >= 15 is 0 Å². The molecule has 37 heavy (non-hydrogen) atoms. The molecule has 8 heteroatoms. The third kappa shape index (κ3) is 6.05. The van der Waals surface area contributed by atoms with Crippen molar-refractivity contribution in [3.63, 3.8) is 0 Å². The van der Waals surface area contributed by atoms with Gasteiger partial charge in [-0.2, -0.15) is 0 Å². The second-order valence-electron chi connectivity index (χ2n) is 8.79. The molecule has 8 nitrogen and oxygen atoms in total. The number of H-pyrrole nitrogens is 1. The summed E-state index contributed by atoms with van der Waals surface area (Å²) in [6.45, 7) is 0.247. The van der Waals surface area contributed by atoms with Gasteiger partial charge in [0.2, 0.25) is 0 Å². The highest BCUT2D eigenvalue weighted by Crippen LogP contribution is 2.21. The SMILES string of the molecule is CN(C)c1ccc(/C=C/C(=O)N(Cc2ccccc2)c2c(N)n(Cc3ccccc3)c(=O)[nH]c2=O)cc1. The molecular formula is C29H29N5O3. The monoisotopic (exact) mass is 495 g/mol. The van der Waals surface area contributed by atoms with E-state index in [0.29, 0.717) is 0 Å². The van der Waals surface area contributed by atoms with Crippen LogP contribution in [0.4, 0.5) is 17.2 Å². The molecular weight excluding hydrogens is 466 g/mol. The number of nitrogen functional groups attached to an aromatic ring is 1. The molecule has 1 amide bonds. The summed E-state index contributed by atoms with van der Waals surface area (Å²) in [6.07, 6.45) is 3.09. The van der Waals surface area contributed by atoms with Gasteiger partial charge in [0.05, 0.1) is 13.1 Å². The molecule has 0 unspecified atom stereocenters. The highest BCUT2D eigenvalue weighted by Gasteiger charge is 2.23. The van der Waals surface area contributed by atoms with E-state index in [1.54, 1.807) is 6.08 Å². The lowest BCUT2D eigenvalue weighted by Gasteiger charge is -2.23. The van der Waals surface area contributed by atoms with E-state index in [-0.39, 0.29) is 24.6 Å². The van der Waals surface area contributed by atoms with Crippen molar-refractivity contribution >= 4 is 29.2 Å². The first kappa shape index (κ1) is 25.2. The molecule has 0 saturated heterocycles. The highest BCUT2D eigenvalue weighted by atomic mass is 16.2. The number of carbonyl (C=O) groups is 1. The second kappa shape index (κ2) is 11.3. The number of hydrogen-bond donors (Lipinski definition) is 2. The summed E-state index contributed by atoms with van der Waals surface area (Å²) in [4.78, 5) is 44.8. The van der Waals surface area contributed by atoms with Crippen LogP contribution in [-0.2, 0) is 17.9 Å². The topological polar surface area (TPSA) is 104 Å². The van der Waals surface area contributed by atoms with Gasteiger partial charge in [0.15, 0.2) is 5.69 Å². The average Bonchev–Trinajstić information content (AvgIpc) is 2.90. The van der Waals surface area contributed by atoms with Gasteiger partial charge in [0.25, 0.3) is 11.5 Å². The zero-order chi connectivity index (χ0) is 26.4.